The largest absolute Gasteiger partial charge is 0.325 e. The van der Waals surface area contributed by atoms with Gasteiger partial charge in [0, 0.05) is 30.9 Å². The maximum atomic E-state index is 13.9. The van der Waals surface area contributed by atoms with Crippen molar-refractivity contribution in [3.8, 4) is 0 Å². The minimum Gasteiger partial charge on any atom is -0.325 e. The SMILES string of the molecule is Cc1cccc(NC(=O)CN2CCCN(Cc3ccccc3F)S2(=O)=O)c1. The number of aryl methyl sites for hydroxylation is 1. The van der Waals surface area contributed by atoms with Crippen LogP contribution in [0.25, 0.3) is 0 Å². The molecule has 1 aliphatic rings. The summed E-state index contributed by atoms with van der Waals surface area (Å²) in [4.78, 5) is 12.3. The Hall–Kier alpha value is -2.29. The number of carbonyl (C=O) groups excluding carboxylic acids is 1. The van der Waals surface area contributed by atoms with Gasteiger partial charge in [-0.3, -0.25) is 4.79 Å². The quantitative estimate of drug-likeness (QED) is 0.852. The van der Waals surface area contributed by atoms with Crippen LogP contribution in [0.3, 0.4) is 0 Å². The second-order valence-electron chi connectivity index (χ2n) is 6.54. The third kappa shape index (κ3) is 4.71. The summed E-state index contributed by atoms with van der Waals surface area (Å²) in [6.45, 7) is 2.14. The van der Waals surface area contributed by atoms with Crippen molar-refractivity contribution >= 4 is 21.8 Å². The lowest BCUT2D eigenvalue weighted by molar-refractivity contribution is -0.116. The topological polar surface area (TPSA) is 69.7 Å². The van der Waals surface area contributed by atoms with E-state index in [-0.39, 0.29) is 19.6 Å². The van der Waals surface area contributed by atoms with Gasteiger partial charge >= 0.3 is 0 Å². The summed E-state index contributed by atoms with van der Waals surface area (Å²) in [5, 5.41) is 2.72. The minimum atomic E-state index is -3.84. The molecule has 1 fully saturated rings. The van der Waals surface area contributed by atoms with Crippen LogP contribution in [0.4, 0.5) is 10.1 Å². The van der Waals surface area contributed by atoms with Crippen molar-refractivity contribution in [2.45, 2.75) is 19.9 Å². The number of carbonyl (C=O) groups is 1. The molecule has 1 amide bonds. The molecule has 2 aromatic carbocycles. The molecule has 0 saturated carbocycles. The Labute approximate surface area is 158 Å². The number of halogens is 1. The highest BCUT2D eigenvalue weighted by molar-refractivity contribution is 7.86. The second kappa shape index (κ2) is 8.16. The molecule has 1 saturated heterocycles. The van der Waals surface area contributed by atoms with Gasteiger partial charge in [-0.25, -0.2) is 4.39 Å². The van der Waals surface area contributed by atoms with Gasteiger partial charge in [-0.1, -0.05) is 30.3 Å². The van der Waals surface area contributed by atoms with E-state index in [2.05, 4.69) is 5.32 Å². The van der Waals surface area contributed by atoms with Crippen LogP contribution in [0.5, 0.6) is 0 Å². The first-order chi connectivity index (χ1) is 12.9. The molecule has 0 aromatic heterocycles. The molecule has 27 heavy (non-hydrogen) atoms. The third-order valence-electron chi connectivity index (χ3n) is 4.39. The molecule has 8 heteroatoms. The van der Waals surface area contributed by atoms with Gasteiger partial charge in [-0.15, -0.1) is 0 Å². The standard InChI is InChI=1S/C19H22FN3O3S/c1-15-6-4-8-17(12-15)21-19(24)14-23-11-5-10-22(27(23,25)26)13-16-7-2-3-9-18(16)20/h2-4,6-9,12H,5,10-11,13-14H2,1H3,(H,21,24). The molecule has 3 rings (SSSR count). The van der Waals surface area contributed by atoms with Crippen molar-refractivity contribution in [2.75, 3.05) is 25.0 Å². The predicted molar refractivity (Wildman–Crippen MR) is 102 cm³/mol. The van der Waals surface area contributed by atoms with Crippen LogP contribution in [-0.2, 0) is 21.5 Å². The van der Waals surface area contributed by atoms with Gasteiger partial charge in [0.1, 0.15) is 5.82 Å². The lowest BCUT2D eigenvalue weighted by atomic mass is 10.2. The summed E-state index contributed by atoms with van der Waals surface area (Å²) in [7, 11) is -3.84. The van der Waals surface area contributed by atoms with Gasteiger partial charge in [0.25, 0.3) is 10.2 Å². The Morgan fingerprint density at radius 3 is 2.59 bits per heavy atom. The summed E-state index contributed by atoms with van der Waals surface area (Å²) >= 11 is 0. The van der Waals surface area contributed by atoms with Crippen LogP contribution in [0.15, 0.2) is 48.5 Å². The highest BCUT2D eigenvalue weighted by atomic mass is 32.2. The van der Waals surface area contributed by atoms with E-state index in [4.69, 9.17) is 0 Å². The van der Waals surface area contributed by atoms with Gasteiger partial charge in [-0.05, 0) is 37.1 Å². The maximum absolute atomic E-state index is 13.9. The maximum Gasteiger partial charge on any atom is 0.282 e. The summed E-state index contributed by atoms with van der Waals surface area (Å²) < 4.78 is 41.9. The summed E-state index contributed by atoms with van der Waals surface area (Å²) in [5.41, 5.74) is 1.93. The molecule has 0 aliphatic carbocycles. The van der Waals surface area contributed by atoms with Gasteiger partial charge in [0.05, 0.1) is 6.54 Å². The molecular formula is C19H22FN3O3S. The summed E-state index contributed by atoms with van der Waals surface area (Å²) in [6.07, 6.45) is 0.575. The van der Waals surface area contributed by atoms with Crippen LogP contribution in [0.1, 0.15) is 17.5 Å². The van der Waals surface area contributed by atoms with Crippen molar-refractivity contribution in [1.82, 2.24) is 8.61 Å². The van der Waals surface area contributed by atoms with Crippen LogP contribution < -0.4 is 5.32 Å². The molecular weight excluding hydrogens is 369 g/mol. The van der Waals surface area contributed by atoms with Crippen molar-refractivity contribution in [3.63, 3.8) is 0 Å². The van der Waals surface area contributed by atoms with Crippen LogP contribution >= 0.6 is 0 Å². The van der Waals surface area contributed by atoms with E-state index in [0.29, 0.717) is 24.2 Å². The Morgan fingerprint density at radius 1 is 1.11 bits per heavy atom. The van der Waals surface area contributed by atoms with Gasteiger partial charge in [-0.2, -0.15) is 17.0 Å². The number of rotatable bonds is 5. The van der Waals surface area contributed by atoms with Crippen LogP contribution in [-0.4, -0.2) is 42.6 Å². The van der Waals surface area contributed by atoms with E-state index in [9.17, 15) is 17.6 Å². The van der Waals surface area contributed by atoms with E-state index < -0.39 is 21.9 Å². The molecule has 0 radical (unpaired) electrons. The van der Waals surface area contributed by atoms with Crippen molar-refractivity contribution in [2.24, 2.45) is 0 Å². The summed E-state index contributed by atoms with van der Waals surface area (Å²) in [5.74, 6) is -0.848. The number of hydrogen-bond acceptors (Lipinski definition) is 3. The Morgan fingerprint density at radius 2 is 1.85 bits per heavy atom. The van der Waals surface area contributed by atoms with Crippen molar-refractivity contribution in [1.29, 1.82) is 0 Å². The van der Waals surface area contributed by atoms with Crippen molar-refractivity contribution < 1.29 is 17.6 Å². The Balaban J connectivity index is 1.68. The van der Waals surface area contributed by atoms with E-state index >= 15 is 0 Å². The average molecular weight is 391 g/mol. The molecule has 0 atom stereocenters. The number of nitrogens with zero attached hydrogens (tertiary/aromatic N) is 2. The average Bonchev–Trinajstić information content (AvgIpc) is 2.60. The number of anilines is 1. The molecule has 1 N–H and O–H groups in total. The zero-order chi connectivity index (χ0) is 19.4. The predicted octanol–water partition coefficient (Wildman–Crippen LogP) is 2.53. The first kappa shape index (κ1) is 19.5. The smallest absolute Gasteiger partial charge is 0.282 e. The fourth-order valence-corrected chi connectivity index (χ4v) is 4.67. The first-order valence-corrected chi connectivity index (χ1v) is 10.1. The summed E-state index contributed by atoms with van der Waals surface area (Å²) in [6, 6.07) is 13.4. The number of benzene rings is 2. The molecule has 0 bridgehead atoms. The van der Waals surface area contributed by atoms with E-state index in [0.717, 1.165) is 9.87 Å². The highest BCUT2D eigenvalue weighted by Gasteiger charge is 2.35. The molecule has 144 valence electrons. The van der Waals surface area contributed by atoms with Crippen molar-refractivity contribution in [3.05, 3.63) is 65.5 Å². The number of nitrogens with one attached hydrogen (secondary N) is 1. The van der Waals surface area contributed by atoms with Gasteiger partial charge in [0.15, 0.2) is 0 Å². The molecule has 1 heterocycles. The monoisotopic (exact) mass is 391 g/mol. The molecule has 2 aromatic rings. The Kier molecular flexibility index (Phi) is 5.88. The van der Waals surface area contributed by atoms with Gasteiger partial charge < -0.3 is 5.32 Å². The van der Waals surface area contributed by atoms with E-state index in [1.54, 1.807) is 24.3 Å². The molecule has 0 unspecified atom stereocenters. The van der Waals surface area contributed by atoms with Crippen LogP contribution in [0, 0.1) is 12.7 Å². The molecule has 0 spiro atoms. The second-order valence-corrected chi connectivity index (χ2v) is 8.47. The van der Waals surface area contributed by atoms with E-state index in [1.807, 2.05) is 25.1 Å². The lowest BCUT2D eigenvalue weighted by Crippen LogP contribution is -2.51. The van der Waals surface area contributed by atoms with Crippen LogP contribution in [0.2, 0.25) is 0 Å². The third-order valence-corrected chi connectivity index (χ3v) is 6.32. The zero-order valence-electron chi connectivity index (χ0n) is 15.1. The fraction of sp³-hybridized carbons (Fsp3) is 0.316. The normalized spacial score (nSPS) is 17.6. The van der Waals surface area contributed by atoms with Gasteiger partial charge in [0.2, 0.25) is 5.91 Å². The highest BCUT2D eigenvalue weighted by Crippen LogP contribution is 2.20. The van der Waals surface area contributed by atoms with E-state index in [1.165, 1.54) is 10.4 Å². The zero-order valence-corrected chi connectivity index (χ0v) is 15.9. The molecule has 6 nitrogen and oxygen atoms in total. The lowest BCUT2D eigenvalue weighted by Gasteiger charge is -2.34. The number of amides is 1. The fourth-order valence-electron chi connectivity index (χ4n) is 3.04. The first-order valence-electron chi connectivity index (χ1n) is 8.71. The number of hydrogen-bond donors (Lipinski definition) is 1. The minimum absolute atomic E-state index is 0.0506. The Bertz CT molecular complexity index is 933. The molecule has 1 aliphatic heterocycles.